The number of nitrogens with zero attached hydrogens (tertiary/aromatic N) is 3. The van der Waals surface area contributed by atoms with Crippen LogP contribution < -0.4 is 10.9 Å². The second-order valence-corrected chi connectivity index (χ2v) is 7.20. The van der Waals surface area contributed by atoms with E-state index in [1.807, 2.05) is 19.2 Å². The highest BCUT2D eigenvalue weighted by Gasteiger charge is 2.20. The molecule has 6 nitrogen and oxygen atoms in total. The standard InChI is InChI=1S/C14H18N4O2S2/c1-9-7-10-12(22-9)16-14(21-2)18(13(10)20)8-11(19)17-5-3-15-4-6-17/h7,15H,3-6,8H2,1-2H3. The van der Waals surface area contributed by atoms with Gasteiger partial charge in [0, 0.05) is 31.1 Å². The second kappa shape index (κ2) is 6.39. The van der Waals surface area contributed by atoms with Crippen molar-refractivity contribution >= 4 is 39.2 Å². The van der Waals surface area contributed by atoms with Crippen molar-refractivity contribution in [3.05, 3.63) is 21.3 Å². The molecule has 1 N–H and O–H groups in total. The lowest BCUT2D eigenvalue weighted by atomic mass is 10.3. The second-order valence-electron chi connectivity index (χ2n) is 5.20. The van der Waals surface area contributed by atoms with Crippen LogP contribution in [0.5, 0.6) is 0 Å². The van der Waals surface area contributed by atoms with Crippen LogP contribution in [0.15, 0.2) is 16.0 Å². The zero-order valence-electron chi connectivity index (χ0n) is 12.6. The van der Waals surface area contributed by atoms with Crippen LogP contribution >= 0.6 is 23.1 Å². The number of fused-ring (bicyclic) bond motifs is 1. The molecule has 3 rings (SSSR count). The first-order valence-electron chi connectivity index (χ1n) is 7.13. The number of aryl methyl sites for hydroxylation is 1. The zero-order valence-corrected chi connectivity index (χ0v) is 14.2. The minimum Gasteiger partial charge on any atom is -0.339 e. The van der Waals surface area contributed by atoms with Gasteiger partial charge in [-0.25, -0.2) is 4.98 Å². The lowest BCUT2D eigenvalue weighted by Gasteiger charge is -2.27. The Morgan fingerprint density at radius 3 is 2.86 bits per heavy atom. The van der Waals surface area contributed by atoms with Gasteiger partial charge in [0.2, 0.25) is 5.91 Å². The zero-order chi connectivity index (χ0) is 15.7. The van der Waals surface area contributed by atoms with E-state index in [0.717, 1.165) is 22.8 Å². The van der Waals surface area contributed by atoms with Gasteiger partial charge < -0.3 is 10.2 Å². The molecule has 0 atom stereocenters. The quantitative estimate of drug-likeness (QED) is 0.666. The molecule has 8 heteroatoms. The van der Waals surface area contributed by atoms with Gasteiger partial charge in [-0.15, -0.1) is 11.3 Å². The predicted octanol–water partition coefficient (Wildman–Crippen LogP) is 0.920. The highest BCUT2D eigenvalue weighted by Crippen LogP contribution is 2.23. The Labute approximate surface area is 136 Å². The SMILES string of the molecule is CSc1nc2sc(C)cc2c(=O)n1CC(=O)N1CCNCC1. The van der Waals surface area contributed by atoms with E-state index in [9.17, 15) is 9.59 Å². The summed E-state index contributed by atoms with van der Waals surface area (Å²) in [6.07, 6.45) is 1.87. The molecule has 1 amide bonds. The summed E-state index contributed by atoms with van der Waals surface area (Å²) in [5.41, 5.74) is -0.123. The lowest BCUT2D eigenvalue weighted by Crippen LogP contribution is -2.48. The monoisotopic (exact) mass is 338 g/mol. The number of thiophene rings is 1. The smallest absolute Gasteiger partial charge is 0.263 e. The third-order valence-electron chi connectivity index (χ3n) is 3.68. The normalized spacial score (nSPS) is 15.5. The summed E-state index contributed by atoms with van der Waals surface area (Å²) in [6, 6.07) is 1.85. The number of hydrogen-bond donors (Lipinski definition) is 1. The summed E-state index contributed by atoms with van der Waals surface area (Å²) < 4.78 is 1.50. The van der Waals surface area contributed by atoms with E-state index in [1.165, 1.54) is 27.7 Å². The number of carbonyl (C=O) groups excluding carboxylic acids is 1. The topological polar surface area (TPSA) is 67.2 Å². The Morgan fingerprint density at radius 1 is 1.45 bits per heavy atom. The molecule has 22 heavy (non-hydrogen) atoms. The van der Waals surface area contributed by atoms with E-state index in [0.29, 0.717) is 23.6 Å². The van der Waals surface area contributed by atoms with Crippen LogP contribution in [0.25, 0.3) is 10.2 Å². The summed E-state index contributed by atoms with van der Waals surface area (Å²) in [5.74, 6) is -0.0213. The molecule has 3 heterocycles. The first-order chi connectivity index (χ1) is 10.6. The average molecular weight is 338 g/mol. The van der Waals surface area contributed by atoms with Crippen molar-refractivity contribution in [3.63, 3.8) is 0 Å². The largest absolute Gasteiger partial charge is 0.339 e. The number of thioether (sulfide) groups is 1. The highest BCUT2D eigenvalue weighted by atomic mass is 32.2. The van der Waals surface area contributed by atoms with E-state index in [2.05, 4.69) is 10.3 Å². The van der Waals surface area contributed by atoms with Crippen LogP contribution in [0, 0.1) is 6.92 Å². The summed E-state index contributed by atoms with van der Waals surface area (Å²) >= 11 is 2.91. The van der Waals surface area contributed by atoms with Crippen LogP contribution in [0.2, 0.25) is 0 Å². The molecule has 1 aliphatic heterocycles. The Hall–Kier alpha value is -1.38. The number of carbonyl (C=O) groups is 1. The van der Waals surface area contributed by atoms with Crippen molar-refractivity contribution in [1.82, 2.24) is 19.8 Å². The van der Waals surface area contributed by atoms with Crippen molar-refractivity contribution in [2.45, 2.75) is 18.6 Å². The summed E-state index contributed by atoms with van der Waals surface area (Å²) in [6.45, 7) is 5.01. The molecule has 2 aromatic heterocycles. The molecule has 0 saturated carbocycles. The maximum absolute atomic E-state index is 12.7. The van der Waals surface area contributed by atoms with Gasteiger partial charge in [0.15, 0.2) is 5.16 Å². The highest BCUT2D eigenvalue weighted by molar-refractivity contribution is 7.98. The molecule has 1 saturated heterocycles. The van der Waals surface area contributed by atoms with Crippen LogP contribution in [-0.4, -0.2) is 52.8 Å². The Morgan fingerprint density at radius 2 is 2.18 bits per heavy atom. The van der Waals surface area contributed by atoms with Gasteiger partial charge in [-0.1, -0.05) is 11.8 Å². The fourth-order valence-electron chi connectivity index (χ4n) is 2.56. The maximum Gasteiger partial charge on any atom is 0.263 e. The number of nitrogens with one attached hydrogen (secondary N) is 1. The number of piperazine rings is 1. The molecular formula is C14H18N4O2S2. The van der Waals surface area contributed by atoms with Gasteiger partial charge in [-0.2, -0.15) is 0 Å². The molecule has 0 bridgehead atoms. The van der Waals surface area contributed by atoms with Crippen molar-refractivity contribution < 1.29 is 4.79 Å². The van der Waals surface area contributed by atoms with Crippen LogP contribution in [0.3, 0.4) is 0 Å². The van der Waals surface area contributed by atoms with Crippen molar-refractivity contribution in [2.24, 2.45) is 0 Å². The summed E-state index contributed by atoms with van der Waals surface area (Å²) in [7, 11) is 0. The van der Waals surface area contributed by atoms with E-state index >= 15 is 0 Å². The number of rotatable bonds is 3. The Balaban J connectivity index is 1.96. The average Bonchev–Trinajstić information content (AvgIpc) is 2.91. The minimum absolute atomic E-state index is 0.0213. The van der Waals surface area contributed by atoms with Gasteiger partial charge in [0.25, 0.3) is 5.56 Å². The van der Waals surface area contributed by atoms with Crippen LogP contribution in [-0.2, 0) is 11.3 Å². The molecule has 118 valence electrons. The van der Waals surface area contributed by atoms with Crippen LogP contribution in [0.1, 0.15) is 4.88 Å². The molecule has 1 fully saturated rings. The predicted molar refractivity (Wildman–Crippen MR) is 89.8 cm³/mol. The van der Waals surface area contributed by atoms with E-state index in [1.54, 1.807) is 4.90 Å². The summed E-state index contributed by atoms with van der Waals surface area (Å²) in [4.78, 5) is 33.2. The van der Waals surface area contributed by atoms with Gasteiger partial charge in [-0.3, -0.25) is 14.2 Å². The van der Waals surface area contributed by atoms with Gasteiger partial charge in [-0.05, 0) is 19.2 Å². The van der Waals surface area contributed by atoms with Gasteiger partial charge in [0.05, 0.1) is 5.39 Å². The Kier molecular flexibility index (Phi) is 4.51. The van der Waals surface area contributed by atoms with E-state index in [-0.39, 0.29) is 18.0 Å². The maximum atomic E-state index is 12.7. The number of aromatic nitrogens is 2. The van der Waals surface area contributed by atoms with E-state index in [4.69, 9.17) is 0 Å². The molecule has 0 aliphatic carbocycles. The van der Waals surface area contributed by atoms with Crippen LogP contribution in [0.4, 0.5) is 0 Å². The Bertz CT molecular complexity index is 762. The molecule has 0 unspecified atom stereocenters. The molecule has 0 aromatic carbocycles. The van der Waals surface area contributed by atoms with Gasteiger partial charge >= 0.3 is 0 Å². The lowest BCUT2D eigenvalue weighted by molar-refractivity contribution is -0.132. The van der Waals surface area contributed by atoms with Gasteiger partial charge in [0.1, 0.15) is 11.4 Å². The minimum atomic E-state index is -0.123. The molecular weight excluding hydrogens is 320 g/mol. The summed E-state index contributed by atoms with van der Waals surface area (Å²) in [5, 5.41) is 4.42. The molecule has 0 radical (unpaired) electrons. The first-order valence-corrected chi connectivity index (χ1v) is 9.17. The van der Waals surface area contributed by atoms with E-state index < -0.39 is 0 Å². The number of hydrogen-bond acceptors (Lipinski definition) is 6. The van der Waals surface area contributed by atoms with Crippen molar-refractivity contribution in [2.75, 3.05) is 32.4 Å². The van der Waals surface area contributed by atoms with Crippen molar-refractivity contribution in [3.8, 4) is 0 Å². The molecule has 0 spiro atoms. The first kappa shape index (κ1) is 15.5. The third kappa shape index (κ3) is 2.90. The molecule has 2 aromatic rings. The fourth-order valence-corrected chi connectivity index (χ4v) is 4.04. The number of amides is 1. The fraction of sp³-hybridized carbons (Fsp3) is 0.500. The third-order valence-corrected chi connectivity index (χ3v) is 5.31. The molecule has 1 aliphatic rings. The van der Waals surface area contributed by atoms with Crippen molar-refractivity contribution in [1.29, 1.82) is 0 Å².